The predicted molar refractivity (Wildman–Crippen MR) is 88.9 cm³/mol. The number of carbonyl (C=O) groups excluding carboxylic acids is 2. The van der Waals surface area contributed by atoms with Crippen molar-refractivity contribution in [1.82, 2.24) is 4.90 Å². The lowest BCUT2D eigenvalue weighted by Crippen LogP contribution is -2.43. The summed E-state index contributed by atoms with van der Waals surface area (Å²) in [6, 6.07) is 0.108. The van der Waals surface area contributed by atoms with Gasteiger partial charge in [0, 0.05) is 24.9 Å². The van der Waals surface area contributed by atoms with E-state index in [-0.39, 0.29) is 18.1 Å². The number of ketones is 1. The van der Waals surface area contributed by atoms with Crippen molar-refractivity contribution in [3.05, 3.63) is 0 Å². The number of hydrogen-bond acceptors (Lipinski definition) is 3. The SMILES string of the molecule is CCC[C@H](C)N(CCC(=O)C1CCCC1)C(=O)OC(C)(C)C. The summed E-state index contributed by atoms with van der Waals surface area (Å²) in [5.74, 6) is 0.539. The first-order chi connectivity index (χ1) is 10.2. The zero-order chi connectivity index (χ0) is 16.8. The van der Waals surface area contributed by atoms with Crippen LogP contribution in [0.4, 0.5) is 4.79 Å². The van der Waals surface area contributed by atoms with Crippen LogP contribution in [0.2, 0.25) is 0 Å². The molecule has 1 fully saturated rings. The number of Topliss-reactive ketones (excluding diaryl/α,β-unsaturated/α-hetero) is 1. The van der Waals surface area contributed by atoms with Crippen molar-refractivity contribution in [1.29, 1.82) is 0 Å². The first-order valence-corrected chi connectivity index (χ1v) is 8.77. The Morgan fingerprint density at radius 1 is 1.23 bits per heavy atom. The van der Waals surface area contributed by atoms with Crippen LogP contribution in [0.5, 0.6) is 0 Å². The molecule has 0 aromatic heterocycles. The van der Waals surface area contributed by atoms with Gasteiger partial charge in [-0.15, -0.1) is 0 Å². The van der Waals surface area contributed by atoms with E-state index in [9.17, 15) is 9.59 Å². The zero-order valence-electron chi connectivity index (χ0n) is 15.0. The molecule has 4 nitrogen and oxygen atoms in total. The first kappa shape index (κ1) is 19.0. The van der Waals surface area contributed by atoms with E-state index in [4.69, 9.17) is 4.74 Å². The predicted octanol–water partition coefficient (Wildman–Crippen LogP) is 4.56. The highest BCUT2D eigenvalue weighted by Crippen LogP contribution is 2.26. The van der Waals surface area contributed by atoms with E-state index in [1.807, 2.05) is 27.7 Å². The molecule has 0 heterocycles. The van der Waals surface area contributed by atoms with E-state index < -0.39 is 5.60 Å². The maximum Gasteiger partial charge on any atom is 0.410 e. The van der Waals surface area contributed by atoms with Crippen molar-refractivity contribution in [2.45, 2.75) is 91.2 Å². The molecular formula is C18H33NO3. The molecule has 1 aliphatic carbocycles. The fourth-order valence-corrected chi connectivity index (χ4v) is 3.07. The molecular weight excluding hydrogens is 278 g/mol. The van der Waals surface area contributed by atoms with E-state index >= 15 is 0 Å². The van der Waals surface area contributed by atoms with Gasteiger partial charge in [-0.05, 0) is 47.0 Å². The lowest BCUT2D eigenvalue weighted by molar-refractivity contribution is -0.123. The highest BCUT2D eigenvalue weighted by atomic mass is 16.6. The van der Waals surface area contributed by atoms with Crippen molar-refractivity contribution >= 4 is 11.9 Å². The maximum absolute atomic E-state index is 12.4. The van der Waals surface area contributed by atoms with Gasteiger partial charge < -0.3 is 9.64 Å². The normalized spacial score (nSPS) is 17.3. The minimum Gasteiger partial charge on any atom is -0.444 e. The van der Waals surface area contributed by atoms with Crippen molar-refractivity contribution in [3.8, 4) is 0 Å². The van der Waals surface area contributed by atoms with E-state index in [1.165, 1.54) is 12.8 Å². The molecule has 0 aromatic rings. The van der Waals surface area contributed by atoms with Gasteiger partial charge in [-0.3, -0.25) is 4.79 Å². The molecule has 0 bridgehead atoms. The second-order valence-electron chi connectivity index (χ2n) is 7.51. The molecule has 0 saturated heterocycles. The Kier molecular flexibility index (Phi) is 7.37. The Morgan fingerprint density at radius 3 is 2.32 bits per heavy atom. The summed E-state index contributed by atoms with van der Waals surface area (Å²) in [4.78, 5) is 26.4. The Morgan fingerprint density at radius 2 is 1.82 bits per heavy atom. The fourth-order valence-electron chi connectivity index (χ4n) is 3.07. The number of rotatable bonds is 7. The quantitative estimate of drug-likeness (QED) is 0.692. The Balaban J connectivity index is 2.60. The molecule has 1 rings (SSSR count). The molecule has 4 heteroatoms. The van der Waals surface area contributed by atoms with Crippen molar-refractivity contribution < 1.29 is 14.3 Å². The highest BCUT2D eigenvalue weighted by Gasteiger charge is 2.28. The summed E-state index contributed by atoms with van der Waals surface area (Å²) in [6.07, 6.45) is 6.47. The molecule has 0 unspecified atom stereocenters. The maximum atomic E-state index is 12.4. The van der Waals surface area contributed by atoms with Gasteiger partial charge in [0.05, 0.1) is 0 Å². The van der Waals surface area contributed by atoms with Crippen LogP contribution in [0.3, 0.4) is 0 Å². The van der Waals surface area contributed by atoms with Crippen molar-refractivity contribution in [2.75, 3.05) is 6.54 Å². The van der Waals surface area contributed by atoms with Crippen molar-refractivity contribution in [2.24, 2.45) is 5.92 Å². The molecule has 22 heavy (non-hydrogen) atoms. The second-order valence-corrected chi connectivity index (χ2v) is 7.51. The molecule has 1 saturated carbocycles. The van der Waals surface area contributed by atoms with E-state index in [0.29, 0.717) is 18.7 Å². The third kappa shape index (κ3) is 6.37. The zero-order valence-corrected chi connectivity index (χ0v) is 15.0. The number of amides is 1. The summed E-state index contributed by atoms with van der Waals surface area (Å²) in [5.41, 5.74) is -0.503. The molecule has 128 valence electrons. The summed E-state index contributed by atoms with van der Waals surface area (Å²) in [7, 11) is 0. The number of nitrogens with zero attached hydrogens (tertiary/aromatic N) is 1. The number of carbonyl (C=O) groups is 2. The lowest BCUT2D eigenvalue weighted by Gasteiger charge is -2.31. The van der Waals surface area contributed by atoms with Gasteiger partial charge in [0.1, 0.15) is 11.4 Å². The summed E-state index contributed by atoms with van der Waals surface area (Å²) >= 11 is 0. The van der Waals surface area contributed by atoms with Gasteiger partial charge in [0.25, 0.3) is 0 Å². The van der Waals surface area contributed by atoms with Crippen LogP contribution in [0.1, 0.15) is 79.6 Å². The third-order valence-corrected chi connectivity index (χ3v) is 4.28. The molecule has 1 amide bonds. The van der Waals surface area contributed by atoms with Crippen LogP contribution in [0, 0.1) is 5.92 Å². The largest absolute Gasteiger partial charge is 0.444 e. The van der Waals surface area contributed by atoms with Crippen LogP contribution in [-0.4, -0.2) is 35.0 Å². The Labute approximate surface area is 135 Å². The Hall–Kier alpha value is -1.06. The average Bonchev–Trinajstić information content (AvgIpc) is 2.90. The van der Waals surface area contributed by atoms with Crippen LogP contribution in [-0.2, 0) is 9.53 Å². The standard InChI is InChI=1S/C18H33NO3/c1-6-9-14(2)19(17(21)22-18(3,4)5)13-12-16(20)15-10-7-8-11-15/h14-15H,6-13H2,1-5H3/t14-/m0/s1. The Bertz CT molecular complexity index is 367. The van der Waals surface area contributed by atoms with Crippen LogP contribution in [0.15, 0.2) is 0 Å². The summed E-state index contributed by atoms with van der Waals surface area (Å²) < 4.78 is 5.50. The second kappa shape index (κ2) is 8.54. The monoisotopic (exact) mass is 311 g/mol. The fraction of sp³-hybridized carbons (Fsp3) is 0.889. The topological polar surface area (TPSA) is 46.6 Å². The molecule has 0 radical (unpaired) electrons. The van der Waals surface area contributed by atoms with Gasteiger partial charge in [0.15, 0.2) is 0 Å². The molecule has 0 N–H and O–H groups in total. The average molecular weight is 311 g/mol. The van der Waals surface area contributed by atoms with Crippen molar-refractivity contribution in [3.63, 3.8) is 0 Å². The summed E-state index contributed by atoms with van der Waals surface area (Å²) in [5, 5.41) is 0. The van der Waals surface area contributed by atoms with E-state index in [0.717, 1.165) is 25.7 Å². The minimum atomic E-state index is -0.503. The summed E-state index contributed by atoms with van der Waals surface area (Å²) in [6.45, 7) is 10.2. The van der Waals surface area contributed by atoms with E-state index in [2.05, 4.69) is 6.92 Å². The van der Waals surface area contributed by atoms with Gasteiger partial charge in [-0.2, -0.15) is 0 Å². The molecule has 0 spiro atoms. The number of hydrogen-bond donors (Lipinski definition) is 0. The minimum absolute atomic E-state index is 0.108. The van der Waals surface area contributed by atoms with Gasteiger partial charge in [-0.1, -0.05) is 26.2 Å². The molecule has 0 aromatic carbocycles. The first-order valence-electron chi connectivity index (χ1n) is 8.77. The molecule has 1 atom stereocenters. The smallest absolute Gasteiger partial charge is 0.410 e. The lowest BCUT2D eigenvalue weighted by atomic mass is 10.00. The van der Waals surface area contributed by atoms with E-state index in [1.54, 1.807) is 4.90 Å². The van der Waals surface area contributed by atoms with Crippen LogP contribution in [0.25, 0.3) is 0 Å². The van der Waals surface area contributed by atoms with Crippen LogP contribution < -0.4 is 0 Å². The molecule has 1 aliphatic rings. The van der Waals surface area contributed by atoms with Gasteiger partial charge >= 0.3 is 6.09 Å². The highest BCUT2D eigenvalue weighted by molar-refractivity contribution is 5.82. The van der Waals surface area contributed by atoms with Gasteiger partial charge in [-0.25, -0.2) is 4.79 Å². The van der Waals surface area contributed by atoms with Gasteiger partial charge in [0.2, 0.25) is 0 Å². The molecule has 0 aliphatic heterocycles. The number of ether oxygens (including phenoxy) is 1. The third-order valence-electron chi connectivity index (χ3n) is 4.28. The van der Waals surface area contributed by atoms with Crippen LogP contribution >= 0.6 is 0 Å².